The predicted octanol–water partition coefficient (Wildman–Crippen LogP) is -0.957. The number of carboxylic acid groups (broad SMARTS) is 1. The molecule has 2 aliphatic heterocycles. The molecule has 14 heavy (non-hydrogen) atoms. The van der Waals surface area contributed by atoms with Gasteiger partial charge in [-0.1, -0.05) is 0 Å². The van der Waals surface area contributed by atoms with E-state index in [-0.39, 0.29) is 5.91 Å². The van der Waals surface area contributed by atoms with Gasteiger partial charge in [0, 0.05) is 6.54 Å². The summed E-state index contributed by atoms with van der Waals surface area (Å²) in [5.41, 5.74) is 0. The molecule has 2 heterocycles. The highest BCUT2D eigenvalue weighted by Gasteiger charge is 2.50. The van der Waals surface area contributed by atoms with E-state index in [9.17, 15) is 9.59 Å². The zero-order chi connectivity index (χ0) is 10.3. The molecular weight excluding hydrogens is 190 g/mol. The number of amides is 1. The van der Waals surface area contributed by atoms with Crippen molar-refractivity contribution in [2.24, 2.45) is 0 Å². The molecule has 0 aromatic rings. The monoisotopic (exact) mass is 201 g/mol. The fourth-order valence-corrected chi connectivity index (χ4v) is 1.70. The first-order valence-corrected chi connectivity index (χ1v) is 4.46. The summed E-state index contributed by atoms with van der Waals surface area (Å²) < 4.78 is 10.2. The number of carbonyl (C=O) groups excluding carboxylic acids is 1. The lowest BCUT2D eigenvalue weighted by atomic mass is 10.2. The Hall–Kier alpha value is -1.14. The molecule has 6 heteroatoms. The molecule has 0 saturated carbocycles. The van der Waals surface area contributed by atoms with E-state index in [1.54, 1.807) is 4.90 Å². The van der Waals surface area contributed by atoms with Crippen LogP contribution in [0, 0.1) is 0 Å². The number of carbonyl (C=O) groups is 2. The maximum atomic E-state index is 11.6. The van der Waals surface area contributed by atoms with Crippen LogP contribution < -0.4 is 0 Å². The van der Waals surface area contributed by atoms with Gasteiger partial charge in [0.2, 0.25) is 0 Å². The summed E-state index contributed by atoms with van der Waals surface area (Å²) in [6, 6.07) is 0. The van der Waals surface area contributed by atoms with Gasteiger partial charge in [-0.05, 0) is 6.92 Å². The van der Waals surface area contributed by atoms with Gasteiger partial charge >= 0.3 is 5.97 Å². The van der Waals surface area contributed by atoms with Crippen molar-refractivity contribution in [1.29, 1.82) is 0 Å². The average molecular weight is 201 g/mol. The lowest BCUT2D eigenvalue weighted by molar-refractivity contribution is -0.161. The molecule has 0 aliphatic carbocycles. The van der Waals surface area contributed by atoms with E-state index in [0.29, 0.717) is 13.1 Å². The zero-order valence-corrected chi connectivity index (χ0v) is 7.67. The van der Waals surface area contributed by atoms with E-state index in [0.717, 1.165) is 0 Å². The van der Waals surface area contributed by atoms with Crippen molar-refractivity contribution < 1.29 is 24.2 Å². The van der Waals surface area contributed by atoms with Crippen molar-refractivity contribution in [2.75, 3.05) is 13.1 Å². The number of morpholine rings is 1. The first-order chi connectivity index (χ1) is 6.63. The Kier molecular flexibility index (Phi) is 2.16. The normalized spacial score (nSPS) is 36.2. The third kappa shape index (κ3) is 1.27. The number of aliphatic carboxylic acids is 1. The number of carboxylic acids is 1. The fourth-order valence-electron chi connectivity index (χ4n) is 1.70. The molecule has 78 valence electrons. The summed E-state index contributed by atoms with van der Waals surface area (Å²) in [6.45, 7) is 2.69. The predicted molar refractivity (Wildman–Crippen MR) is 43.4 cm³/mol. The highest BCUT2D eigenvalue weighted by molar-refractivity contribution is 5.89. The summed E-state index contributed by atoms with van der Waals surface area (Å²) in [4.78, 5) is 23.8. The van der Waals surface area contributed by atoms with Gasteiger partial charge in [0.05, 0.1) is 6.54 Å². The Balaban J connectivity index is 2.18. The lowest BCUT2D eigenvalue weighted by Crippen LogP contribution is -2.50. The molecule has 2 bridgehead atoms. The second kappa shape index (κ2) is 3.21. The smallest absolute Gasteiger partial charge is 0.336 e. The van der Waals surface area contributed by atoms with E-state index in [2.05, 4.69) is 0 Å². The molecule has 2 rings (SSSR count). The molecule has 0 unspecified atom stereocenters. The second-order valence-corrected chi connectivity index (χ2v) is 3.26. The summed E-state index contributed by atoms with van der Waals surface area (Å²) in [5.74, 6) is -1.45. The maximum absolute atomic E-state index is 11.6. The molecule has 0 aromatic heterocycles. The fraction of sp³-hybridized carbons (Fsp3) is 0.750. The van der Waals surface area contributed by atoms with Crippen molar-refractivity contribution in [3.63, 3.8) is 0 Å². The Bertz CT molecular complexity index is 279. The highest BCUT2D eigenvalue weighted by Crippen LogP contribution is 2.26. The number of ether oxygens (including phenoxy) is 2. The number of hydrogen-bond acceptors (Lipinski definition) is 4. The van der Waals surface area contributed by atoms with Gasteiger partial charge in [-0.2, -0.15) is 0 Å². The van der Waals surface area contributed by atoms with Crippen molar-refractivity contribution in [1.82, 2.24) is 4.90 Å². The van der Waals surface area contributed by atoms with Gasteiger partial charge in [-0.3, -0.25) is 4.79 Å². The van der Waals surface area contributed by atoms with Crippen molar-refractivity contribution in [2.45, 2.75) is 25.4 Å². The van der Waals surface area contributed by atoms with Crippen LogP contribution >= 0.6 is 0 Å². The van der Waals surface area contributed by atoms with Crippen LogP contribution in [0.15, 0.2) is 0 Å². The number of fused-ring (bicyclic) bond motifs is 2. The third-order valence-electron chi connectivity index (χ3n) is 2.42. The first kappa shape index (κ1) is 9.42. The second-order valence-electron chi connectivity index (χ2n) is 3.26. The molecule has 1 amide bonds. The molecule has 6 nitrogen and oxygen atoms in total. The highest BCUT2D eigenvalue weighted by atomic mass is 16.7. The van der Waals surface area contributed by atoms with Crippen LogP contribution in [0.2, 0.25) is 0 Å². The molecule has 0 aromatic carbocycles. The lowest BCUT2D eigenvalue weighted by Gasteiger charge is -2.29. The SMILES string of the molecule is CCN1C[C@H]2O[C@H](C(=O)O)[C@H](O2)C1=O. The van der Waals surface area contributed by atoms with Gasteiger partial charge in [-0.25, -0.2) is 4.79 Å². The molecule has 1 N–H and O–H groups in total. The molecule has 2 saturated heterocycles. The number of likely N-dealkylation sites (N-methyl/N-ethyl adjacent to an activating group) is 1. The van der Waals surface area contributed by atoms with Crippen molar-refractivity contribution in [3.8, 4) is 0 Å². The van der Waals surface area contributed by atoms with Crippen LogP contribution in [-0.4, -0.2) is 53.5 Å². The number of hydrogen-bond donors (Lipinski definition) is 1. The standard InChI is InChI=1S/C8H11NO5/c1-2-9-3-4-13-5(7(9)10)6(14-4)8(11)12/h4-6H,2-3H2,1H3,(H,11,12)/t4-,5+,6+/m1/s1. The summed E-state index contributed by atoms with van der Waals surface area (Å²) in [5, 5.41) is 8.76. The minimum absolute atomic E-state index is 0.298. The minimum Gasteiger partial charge on any atom is -0.479 e. The van der Waals surface area contributed by atoms with Crippen LogP contribution in [0.25, 0.3) is 0 Å². The summed E-state index contributed by atoms with van der Waals surface area (Å²) >= 11 is 0. The molecule has 0 spiro atoms. The molecule has 2 aliphatic rings. The number of nitrogens with zero attached hydrogens (tertiary/aromatic N) is 1. The molecule has 2 fully saturated rings. The quantitative estimate of drug-likeness (QED) is 0.623. The Morgan fingerprint density at radius 2 is 2.36 bits per heavy atom. The molecular formula is C8H11NO5. The molecule has 0 radical (unpaired) electrons. The van der Waals surface area contributed by atoms with E-state index >= 15 is 0 Å². The van der Waals surface area contributed by atoms with Crippen LogP contribution in [0.5, 0.6) is 0 Å². The first-order valence-electron chi connectivity index (χ1n) is 4.46. The minimum atomic E-state index is -1.15. The van der Waals surface area contributed by atoms with Crippen LogP contribution in [-0.2, 0) is 19.1 Å². The van der Waals surface area contributed by atoms with Crippen LogP contribution in [0.4, 0.5) is 0 Å². The van der Waals surface area contributed by atoms with Gasteiger partial charge < -0.3 is 19.5 Å². The van der Waals surface area contributed by atoms with Crippen molar-refractivity contribution >= 4 is 11.9 Å². The third-order valence-corrected chi connectivity index (χ3v) is 2.42. The topological polar surface area (TPSA) is 76.1 Å². The summed E-state index contributed by atoms with van der Waals surface area (Å²) in [7, 11) is 0. The Morgan fingerprint density at radius 1 is 1.64 bits per heavy atom. The average Bonchev–Trinajstić information content (AvgIpc) is 2.51. The van der Waals surface area contributed by atoms with E-state index < -0.39 is 24.5 Å². The van der Waals surface area contributed by atoms with E-state index in [1.165, 1.54) is 0 Å². The molecule has 3 atom stereocenters. The van der Waals surface area contributed by atoms with Gasteiger partial charge in [-0.15, -0.1) is 0 Å². The summed E-state index contributed by atoms with van der Waals surface area (Å²) in [6.07, 6.45) is -2.70. The van der Waals surface area contributed by atoms with E-state index in [1.807, 2.05) is 6.92 Å². The number of rotatable bonds is 2. The zero-order valence-electron chi connectivity index (χ0n) is 7.67. The Labute approximate surface area is 80.4 Å². The van der Waals surface area contributed by atoms with Gasteiger partial charge in [0.25, 0.3) is 5.91 Å². The van der Waals surface area contributed by atoms with Crippen LogP contribution in [0.1, 0.15) is 6.92 Å². The van der Waals surface area contributed by atoms with Gasteiger partial charge in [0.1, 0.15) is 0 Å². The maximum Gasteiger partial charge on any atom is 0.336 e. The largest absolute Gasteiger partial charge is 0.479 e. The van der Waals surface area contributed by atoms with Crippen LogP contribution in [0.3, 0.4) is 0 Å². The van der Waals surface area contributed by atoms with Crippen molar-refractivity contribution in [3.05, 3.63) is 0 Å². The Morgan fingerprint density at radius 3 is 2.93 bits per heavy atom. The van der Waals surface area contributed by atoms with E-state index in [4.69, 9.17) is 14.6 Å². The van der Waals surface area contributed by atoms with Gasteiger partial charge in [0.15, 0.2) is 18.5 Å².